The fourth-order valence-corrected chi connectivity index (χ4v) is 7.74. The minimum absolute atomic E-state index is 0.602. The average molecular weight is 706 g/mol. The second-order valence-electron chi connectivity index (χ2n) is 13.8. The molecule has 55 heavy (non-hydrogen) atoms. The molecule has 0 radical (unpaired) electrons. The third-order valence-electron chi connectivity index (χ3n) is 10.4. The van der Waals surface area contributed by atoms with Gasteiger partial charge in [0.05, 0.1) is 11.0 Å². The van der Waals surface area contributed by atoms with Crippen LogP contribution in [0.1, 0.15) is 12.7 Å². The van der Waals surface area contributed by atoms with Gasteiger partial charge in [-0.25, -0.2) is 19.9 Å². The fraction of sp³-hybridized carbons (Fsp3) is 0.0400. The van der Waals surface area contributed by atoms with Crippen LogP contribution in [0.4, 0.5) is 0 Å². The van der Waals surface area contributed by atoms with Crippen LogP contribution in [0.15, 0.2) is 182 Å². The van der Waals surface area contributed by atoms with Crippen molar-refractivity contribution < 1.29 is 0 Å². The normalized spacial score (nSPS) is 11.4. The minimum atomic E-state index is 0.602. The molecule has 5 nitrogen and oxygen atoms in total. The average Bonchev–Trinajstić information content (AvgIpc) is 3.65. The second-order valence-corrected chi connectivity index (χ2v) is 13.8. The molecule has 0 N–H and O–H groups in total. The Morgan fingerprint density at radius 3 is 1.75 bits per heavy atom. The van der Waals surface area contributed by atoms with Crippen LogP contribution in [0.3, 0.4) is 0 Å². The Morgan fingerprint density at radius 2 is 0.964 bits per heavy atom. The highest BCUT2D eigenvalue weighted by atomic mass is 15.1. The van der Waals surface area contributed by atoms with E-state index in [0.717, 1.165) is 67.9 Å². The molecular weight excluding hydrogens is 671 g/mol. The Balaban J connectivity index is 1.25. The van der Waals surface area contributed by atoms with Crippen LogP contribution in [0.2, 0.25) is 0 Å². The highest BCUT2D eigenvalue weighted by molar-refractivity contribution is 6.14. The number of fused-ring (bicyclic) bond motifs is 4. The maximum atomic E-state index is 5.26. The molecule has 0 spiro atoms. The van der Waals surface area contributed by atoms with E-state index < -0.39 is 0 Å². The van der Waals surface area contributed by atoms with Crippen LogP contribution in [-0.4, -0.2) is 24.5 Å². The lowest BCUT2D eigenvalue weighted by molar-refractivity contribution is 0.908. The van der Waals surface area contributed by atoms with Gasteiger partial charge in [0, 0.05) is 28.8 Å². The van der Waals surface area contributed by atoms with E-state index >= 15 is 0 Å². The van der Waals surface area contributed by atoms with Crippen molar-refractivity contribution >= 4 is 32.6 Å². The molecule has 0 amide bonds. The van der Waals surface area contributed by atoms with Crippen LogP contribution in [0.25, 0.3) is 94.7 Å². The number of aromatic nitrogens is 5. The largest absolute Gasteiger partial charge is 0.296 e. The Labute approximate surface area is 319 Å². The molecule has 0 bridgehead atoms. The lowest BCUT2D eigenvalue weighted by atomic mass is 9.92. The number of imidazole rings is 1. The molecule has 0 fully saturated rings. The standard InChI is InChI=1S/C50H35N5/c1-2-47-51-45-26-13-14-27-46(45)55(47)40-30-38(44-32-36-20-9-10-23-41(36)42-24-11-12-25-43(42)44)29-39(31-40)50-53-48(34-18-7-4-8-19-34)52-49(54-50)37-22-15-21-35(28-37)33-16-5-3-6-17-33/h3-32H,2H2,1H3. The molecule has 10 aromatic rings. The third kappa shape index (κ3) is 5.92. The molecule has 0 aliphatic carbocycles. The molecule has 0 aliphatic heterocycles. The SMILES string of the molecule is CCc1nc2ccccc2n1-c1cc(-c2nc(-c3ccccc3)nc(-c3cccc(-c4ccccc4)c3)n2)cc(-c2cc3ccccc3c3ccccc23)c1. The van der Waals surface area contributed by atoms with E-state index in [4.69, 9.17) is 19.9 Å². The van der Waals surface area contributed by atoms with Crippen LogP contribution in [0.5, 0.6) is 0 Å². The van der Waals surface area contributed by atoms with Crippen molar-refractivity contribution in [1.82, 2.24) is 24.5 Å². The third-order valence-corrected chi connectivity index (χ3v) is 10.4. The van der Waals surface area contributed by atoms with Crippen LogP contribution in [0, 0.1) is 0 Å². The summed E-state index contributed by atoms with van der Waals surface area (Å²) in [7, 11) is 0. The smallest absolute Gasteiger partial charge is 0.164 e. The first-order chi connectivity index (χ1) is 27.2. The fourth-order valence-electron chi connectivity index (χ4n) is 7.74. The van der Waals surface area contributed by atoms with E-state index in [0.29, 0.717) is 17.5 Å². The van der Waals surface area contributed by atoms with E-state index in [1.54, 1.807) is 0 Å². The van der Waals surface area contributed by atoms with Crippen LogP contribution < -0.4 is 0 Å². The zero-order valence-electron chi connectivity index (χ0n) is 30.3. The van der Waals surface area contributed by atoms with Gasteiger partial charge >= 0.3 is 0 Å². The Morgan fingerprint density at radius 1 is 0.400 bits per heavy atom. The second kappa shape index (κ2) is 13.6. The number of nitrogens with zero attached hydrogens (tertiary/aromatic N) is 5. The highest BCUT2D eigenvalue weighted by Gasteiger charge is 2.19. The summed E-state index contributed by atoms with van der Waals surface area (Å²) < 4.78 is 2.29. The summed E-state index contributed by atoms with van der Waals surface area (Å²) in [6.07, 6.45) is 0.777. The summed E-state index contributed by atoms with van der Waals surface area (Å²) >= 11 is 0. The van der Waals surface area contributed by atoms with Crippen molar-refractivity contribution in [3.8, 4) is 62.1 Å². The van der Waals surface area contributed by atoms with E-state index in [9.17, 15) is 0 Å². The lowest BCUT2D eigenvalue weighted by Gasteiger charge is -2.16. The summed E-state index contributed by atoms with van der Waals surface area (Å²) in [6, 6.07) is 63.7. The first kappa shape index (κ1) is 32.4. The summed E-state index contributed by atoms with van der Waals surface area (Å²) in [5, 5.41) is 4.84. The monoisotopic (exact) mass is 705 g/mol. The molecular formula is C50H35N5. The molecule has 2 heterocycles. The van der Waals surface area contributed by atoms with Gasteiger partial charge in [0.15, 0.2) is 17.5 Å². The number of rotatable bonds is 7. The highest BCUT2D eigenvalue weighted by Crippen LogP contribution is 2.39. The van der Waals surface area contributed by atoms with Gasteiger partial charge in [0.2, 0.25) is 0 Å². The minimum Gasteiger partial charge on any atom is -0.296 e. The van der Waals surface area contributed by atoms with Gasteiger partial charge in [-0.3, -0.25) is 4.57 Å². The number of aryl methyl sites for hydroxylation is 1. The Bertz CT molecular complexity index is 3020. The molecule has 0 saturated carbocycles. The van der Waals surface area contributed by atoms with Crippen LogP contribution in [-0.2, 0) is 6.42 Å². The van der Waals surface area contributed by atoms with Crippen molar-refractivity contribution in [1.29, 1.82) is 0 Å². The van der Waals surface area contributed by atoms with Crippen molar-refractivity contribution in [3.05, 3.63) is 188 Å². The van der Waals surface area contributed by atoms with E-state index in [-0.39, 0.29) is 0 Å². The lowest BCUT2D eigenvalue weighted by Crippen LogP contribution is -2.03. The summed E-state index contributed by atoms with van der Waals surface area (Å²) in [4.78, 5) is 20.6. The summed E-state index contributed by atoms with van der Waals surface area (Å²) in [5.74, 6) is 2.83. The molecule has 0 unspecified atom stereocenters. The zero-order valence-corrected chi connectivity index (χ0v) is 30.3. The van der Waals surface area contributed by atoms with Gasteiger partial charge in [0.1, 0.15) is 5.82 Å². The molecule has 0 saturated heterocycles. The Kier molecular flexibility index (Phi) is 8.03. The van der Waals surface area contributed by atoms with Gasteiger partial charge in [-0.2, -0.15) is 0 Å². The number of benzene rings is 8. The predicted molar refractivity (Wildman–Crippen MR) is 226 cm³/mol. The van der Waals surface area contributed by atoms with Crippen molar-refractivity contribution in [2.24, 2.45) is 0 Å². The Hall–Kier alpha value is -7.24. The van der Waals surface area contributed by atoms with Gasteiger partial charge in [-0.1, -0.05) is 146 Å². The van der Waals surface area contributed by atoms with Crippen molar-refractivity contribution in [2.75, 3.05) is 0 Å². The molecule has 0 atom stereocenters. The van der Waals surface area contributed by atoms with Gasteiger partial charge < -0.3 is 0 Å². The molecule has 8 aromatic carbocycles. The maximum Gasteiger partial charge on any atom is 0.164 e. The first-order valence-electron chi connectivity index (χ1n) is 18.7. The summed E-state index contributed by atoms with van der Waals surface area (Å²) in [6.45, 7) is 2.16. The van der Waals surface area contributed by atoms with Gasteiger partial charge in [-0.15, -0.1) is 0 Å². The molecule has 10 rings (SSSR count). The van der Waals surface area contributed by atoms with Crippen molar-refractivity contribution in [3.63, 3.8) is 0 Å². The van der Waals surface area contributed by atoms with E-state index in [2.05, 4.69) is 163 Å². The quantitative estimate of drug-likeness (QED) is 0.155. The molecule has 5 heteroatoms. The number of hydrogen-bond acceptors (Lipinski definition) is 4. The zero-order chi connectivity index (χ0) is 36.7. The number of hydrogen-bond donors (Lipinski definition) is 0. The van der Waals surface area contributed by atoms with E-state index in [1.165, 1.54) is 21.5 Å². The van der Waals surface area contributed by atoms with E-state index in [1.807, 2.05) is 30.3 Å². The van der Waals surface area contributed by atoms with Crippen LogP contribution >= 0.6 is 0 Å². The maximum absolute atomic E-state index is 5.26. The van der Waals surface area contributed by atoms with Crippen molar-refractivity contribution in [2.45, 2.75) is 13.3 Å². The molecule has 0 aliphatic rings. The molecule has 260 valence electrons. The predicted octanol–water partition coefficient (Wildman–Crippen LogP) is 12.4. The summed E-state index contributed by atoms with van der Waals surface area (Å²) in [5.41, 5.74) is 10.2. The molecule has 2 aromatic heterocycles. The first-order valence-corrected chi connectivity index (χ1v) is 18.7. The topological polar surface area (TPSA) is 56.5 Å². The van der Waals surface area contributed by atoms with Gasteiger partial charge in [0.25, 0.3) is 0 Å². The van der Waals surface area contributed by atoms with Gasteiger partial charge in [-0.05, 0) is 86.3 Å². The number of para-hydroxylation sites is 2.